The van der Waals surface area contributed by atoms with Gasteiger partial charge in [-0.25, -0.2) is 9.97 Å². The molecule has 5 nitrogen and oxygen atoms in total. The lowest BCUT2D eigenvalue weighted by Crippen LogP contribution is -2.42. The molecule has 1 saturated heterocycles. The molecule has 1 aliphatic rings. The maximum absolute atomic E-state index is 12.5. The molecule has 1 aliphatic heterocycles. The minimum atomic E-state index is -4.72. The maximum Gasteiger partial charge on any atom is 0.573 e. The molecule has 2 aromatic rings. The summed E-state index contributed by atoms with van der Waals surface area (Å²) in [6.45, 7) is 5.45. The summed E-state index contributed by atoms with van der Waals surface area (Å²) in [6, 6.07) is 6.43. The van der Waals surface area contributed by atoms with Gasteiger partial charge in [0.1, 0.15) is 5.75 Å². The number of hydrogen-bond donors (Lipinski definition) is 1. The number of hydrogen-bond acceptors (Lipinski definition) is 5. The average molecular weight is 453 g/mol. The van der Waals surface area contributed by atoms with Gasteiger partial charge in [0.2, 0.25) is 5.95 Å². The third kappa shape index (κ3) is 6.35. The summed E-state index contributed by atoms with van der Waals surface area (Å²) in [5.74, 6) is 0.419. The highest BCUT2D eigenvalue weighted by atomic mass is 35.5. The van der Waals surface area contributed by atoms with E-state index in [-0.39, 0.29) is 30.6 Å². The fourth-order valence-corrected chi connectivity index (χ4v) is 3.47. The molecule has 0 bridgehead atoms. The molecule has 0 unspecified atom stereocenters. The lowest BCUT2D eigenvalue weighted by molar-refractivity contribution is -0.274. The largest absolute Gasteiger partial charge is 0.573 e. The van der Waals surface area contributed by atoms with Gasteiger partial charge in [-0.1, -0.05) is 12.1 Å². The topological polar surface area (TPSA) is 50.3 Å². The van der Waals surface area contributed by atoms with Crippen LogP contribution in [0, 0.1) is 13.8 Å². The van der Waals surface area contributed by atoms with E-state index in [9.17, 15) is 13.2 Å². The Labute approximate surface area is 180 Å². The van der Waals surface area contributed by atoms with Crippen LogP contribution in [0.2, 0.25) is 0 Å². The van der Waals surface area contributed by atoms with Crippen LogP contribution in [0.4, 0.5) is 19.1 Å². The second-order valence-corrected chi connectivity index (χ2v) is 6.70. The SMILES string of the molecule is CNC1CCN(c2nc(C)c(-c3cccc(OC(F)(F)F)c3)c(C)n2)CC1.Cl.Cl. The molecule has 1 aromatic heterocycles. The van der Waals surface area contributed by atoms with E-state index in [1.54, 1.807) is 6.07 Å². The van der Waals surface area contributed by atoms with Crippen molar-refractivity contribution in [3.05, 3.63) is 35.7 Å². The number of ether oxygens (including phenoxy) is 1. The molecule has 0 amide bonds. The molecule has 2 heterocycles. The van der Waals surface area contributed by atoms with Gasteiger partial charge in [0.25, 0.3) is 0 Å². The summed E-state index contributed by atoms with van der Waals surface area (Å²) in [5.41, 5.74) is 2.80. The van der Waals surface area contributed by atoms with Gasteiger partial charge in [-0.2, -0.15) is 0 Å². The highest BCUT2D eigenvalue weighted by Gasteiger charge is 2.31. The molecular weight excluding hydrogens is 428 g/mol. The molecule has 0 atom stereocenters. The minimum absolute atomic E-state index is 0. The lowest BCUT2D eigenvalue weighted by atomic mass is 10.0. The van der Waals surface area contributed by atoms with E-state index < -0.39 is 6.36 Å². The van der Waals surface area contributed by atoms with Crippen LogP contribution in [0.3, 0.4) is 0 Å². The van der Waals surface area contributed by atoms with E-state index in [2.05, 4.69) is 24.9 Å². The van der Waals surface area contributed by atoms with Gasteiger partial charge in [0.05, 0.1) is 11.4 Å². The van der Waals surface area contributed by atoms with Crippen molar-refractivity contribution in [2.24, 2.45) is 0 Å². The van der Waals surface area contributed by atoms with Gasteiger partial charge in [0, 0.05) is 24.7 Å². The zero-order chi connectivity index (χ0) is 19.6. The van der Waals surface area contributed by atoms with Crippen molar-refractivity contribution in [1.29, 1.82) is 0 Å². The number of piperidine rings is 1. The zero-order valence-corrected chi connectivity index (χ0v) is 18.0. The normalized spacial score (nSPS) is 14.8. The van der Waals surface area contributed by atoms with Crippen LogP contribution in [0.1, 0.15) is 24.2 Å². The first-order valence-electron chi connectivity index (χ1n) is 8.90. The van der Waals surface area contributed by atoms with Crippen LogP contribution < -0.4 is 15.0 Å². The fourth-order valence-electron chi connectivity index (χ4n) is 3.47. The minimum Gasteiger partial charge on any atom is -0.406 e. The Morgan fingerprint density at radius 2 is 1.66 bits per heavy atom. The first-order valence-corrected chi connectivity index (χ1v) is 8.90. The standard InChI is InChI=1S/C19H23F3N4O.2ClH/c1-12-17(14-5-4-6-16(11-14)27-19(20,21)22)13(2)25-18(24-12)26-9-7-15(23-3)8-10-26;;/h4-6,11,15,23H,7-10H2,1-3H3;2*1H. The number of aryl methyl sites for hydroxylation is 2. The Morgan fingerprint density at radius 3 is 2.17 bits per heavy atom. The monoisotopic (exact) mass is 452 g/mol. The third-order valence-corrected chi connectivity index (χ3v) is 4.80. The summed E-state index contributed by atoms with van der Waals surface area (Å²) in [4.78, 5) is 11.4. The molecule has 0 aliphatic carbocycles. The number of benzene rings is 1. The van der Waals surface area contributed by atoms with Gasteiger partial charge in [-0.3, -0.25) is 0 Å². The fraction of sp³-hybridized carbons (Fsp3) is 0.474. The summed E-state index contributed by atoms with van der Waals surface area (Å²) in [6.07, 6.45) is -2.67. The van der Waals surface area contributed by atoms with Crippen LogP contribution in [0.5, 0.6) is 5.75 Å². The number of rotatable bonds is 4. The Kier molecular flexibility index (Phi) is 8.99. The Bertz CT molecular complexity index is 789. The number of aromatic nitrogens is 2. The zero-order valence-electron chi connectivity index (χ0n) is 16.4. The van der Waals surface area contributed by atoms with Crippen molar-refractivity contribution in [1.82, 2.24) is 15.3 Å². The molecule has 10 heteroatoms. The molecule has 1 aromatic carbocycles. The number of nitrogens with zero attached hydrogens (tertiary/aromatic N) is 3. The third-order valence-electron chi connectivity index (χ3n) is 4.80. The number of alkyl halides is 3. The van der Waals surface area contributed by atoms with Gasteiger partial charge < -0.3 is 15.0 Å². The van der Waals surface area contributed by atoms with Crippen molar-refractivity contribution in [2.75, 3.05) is 25.0 Å². The van der Waals surface area contributed by atoms with Gasteiger partial charge in [-0.15, -0.1) is 38.0 Å². The van der Waals surface area contributed by atoms with Crippen LogP contribution >= 0.6 is 24.8 Å². The highest BCUT2D eigenvalue weighted by molar-refractivity contribution is 5.85. The first-order chi connectivity index (χ1) is 12.8. The molecule has 0 spiro atoms. The highest BCUT2D eigenvalue weighted by Crippen LogP contribution is 2.31. The van der Waals surface area contributed by atoms with E-state index >= 15 is 0 Å². The van der Waals surface area contributed by atoms with E-state index in [1.807, 2.05) is 20.9 Å². The summed E-state index contributed by atoms with van der Waals surface area (Å²) < 4.78 is 41.5. The summed E-state index contributed by atoms with van der Waals surface area (Å²) >= 11 is 0. The molecule has 3 rings (SSSR count). The van der Waals surface area contributed by atoms with Crippen LogP contribution in [0.25, 0.3) is 11.1 Å². The molecule has 162 valence electrons. The van der Waals surface area contributed by atoms with Crippen LogP contribution in [0.15, 0.2) is 24.3 Å². The van der Waals surface area contributed by atoms with Crippen molar-refractivity contribution < 1.29 is 17.9 Å². The molecule has 1 fully saturated rings. The molecule has 0 radical (unpaired) electrons. The maximum atomic E-state index is 12.5. The van der Waals surface area contributed by atoms with E-state index in [0.29, 0.717) is 17.6 Å². The molecule has 29 heavy (non-hydrogen) atoms. The first kappa shape index (κ1) is 25.3. The summed E-state index contributed by atoms with van der Waals surface area (Å²) in [5, 5.41) is 3.29. The van der Waals surface area contributed by atoms with Gasteiger partial charge in [-0.05, 0) is 51.4 Å². The van der Waals surface area contributed by atoms with Crippen molar-refractivity contribution in [3.63, 3.8) is 0 Å². The Hall–Kier alpha value is -1.77. The van der Waals surface area contributed by atoms with Gasteiger partial charge in [0.15, 0.2) is 0 Å². The molecular formula is C19H25Cl2F3N4O. The second-order valence-electron chi connectivity index (χ2n) is 6.70. The van der Waals surface area contributed by atoms with Crippen molar-refractivity contribution in [3.8, 4) is 16.9 Å². The van der Waals surface area contributed by atoms with Crippen molar-refractivity contribution >= 4 is 30.8 Å². The van der Waals surface area contributed by atoms with E-state index in [0.717, 1.165) is 42.9 Å². The smallest absolute Gasteiger partial charge is 0.406 e. The quantitative estimate of drug-likeness (QED) is 0.728. The van der Waals surface area contributed by atoms with Crippen LogP contribution in [-0.2, 0) is 0 Å². The number of anilines is 1. The summed E-state index contributed by atoms with van der Waals surface area (Å²) in [7, 11) is 1.97. The Balaban J connectivity index is 0.00000210. The van der Waals surface area contributed by atoms with E-state index in [1.165, 1.54) is 18.2 Å². The average Bonchev–Trinajstić information content (AvgIpc) is 2.60. The predicted molar refractivity (Wildman–Crippen MR) is 112 cm³/mol. The van der Waals surface area contributed by atoms with Crippen molar-refractivity contribution in [2.45, 2.75) is 39.1 Å². The number of halogens is 5. The van der Waals surface area contributed by atoms with Crippen LogP contribution in [-0.4, -0.2) is 42.5 Å². The van der Waals surface area contributed by atoms with E-state index in [4.69, 9.17) is 0 Å². The number of nitrogens with one attached hydrogen (secondary N) is 1. The predicted octanol–water partition coefficient (Wildman–Crippen LogP) is 4.69. The molecule has 0 saturated carbocycles. The second kappa shape index (κ2) is 10.3. The Morgan fingerprint density at radius 1 is 1.07 bits per heavy atom. The molecule has 1 N–H and O–H groups in total. The van der Waals surface area contributed by atoms with Gasteiger partial charge >= 0.3 is 6.36 Å². The lowest BCUT2D eigenvalue weighted by Gasteiger charge is -2.32.